The lowest BCUT2D eigenvalue weighted by Gasteiger charge is -2.06. The number of hydrogen-bond acceptors (Lipinski definition) is 2. The van der Waals surface area contributed by atoms with Gasteiger partial charge in [-0.1, -0.05) is 6.07 Å². The molecule has 0 saturated carbocycles. The highest BCUT2D eigenvalue weighted by molar-refractivity contribution is 5.67. The number of hydrogen-bond donors (Lipinski definition) is 2. The maximum Gasteiger partial charge on any atom is 0.305 e. The van der Waals surface area contributed by atoms with Crippen LogP contribution in [0.5, 0.6) is 0 Å². The van der Waals surface area contributed by atoms with Gasteiger partial charge in [-0.15, -0.1) is 0 Å². The molecular weight excluding hydrogens is 192 g/mol. The average Bonchev–Trinajstić information content (AvgIpc) is 2.09. The van der Waals surface area contributed by atoms with Gasteiger partial charge >= 0.3 is 5.97 Å². The molecule has 0 heterocycles. The van der Waals surface area contributed by atoms with E-state index in [1.807, 2.05) is 0 Å². The summed E-state index contributed by atoms with van der Waals surface area (Å²) in [6.07, 6.45) is -0.187. The summed E-state index contributed by atoms with van der Waals surface area (Å²) in [5.41, 5.74) is -0.284. The Labute approximate surface area is 79.4 Å². The van der Waals surface area contributed by atoms with E-state index in [0.29, 0.717) is 0 Å². The Morgan fingerprint density at radius 3 is 2.43 bits per heavy atom. The molecule has 0 saturated heterocycles. The molecule has 0 aliphatic carbocycles. The summed E-state index contributed by atoms with van der Waals surface area (Å²) in [4.78, 5) is 10.1. The fraction of sp³-hybridized carbons (Fsp3) is 0.222. The highest BCUT2D eigenvalue weighted by atomic mass is 19.1. The fourth-order valence-electron chi connectivity index (χ4n) is 0.961. The quantitative estimate of drug-likeness (QED) is 0.781. The van der Waals surface area contributed by atoms with Crippen molar-refractivity contribution in [1.82, 2.24) is 0 Å². The first-order valence-electron chi connectivity index (χ1n) is 4.01. The molecule has 1 aromatic carbocycles. The normalized spacial score (nSPS) is 9.86. The molecule has 0 atom stereocenters. The second-order valence-electron chi connectivity index (χ2n) is 2.67. The van der Waals surface area contributed by atoms with Crippen molar-refractivity contribution in [2.45, 2.75) is 6.42 Å². The summed E-state index contributed by atoms with van der Waals surface area (Å²) in [7, 11) is 0. The molecule has 0 aliphatic heterocycles. The van der Waals surface area contributed by atoms with Crippen molar-refractivity contribution in [3.05, 3.63) is 29.8 Å². The first-order valence-corrected chi connectivity index (χ1v) is 4.01. The van der Waals surface area contributed by atoms with Gasteiger partial charge < -0.3 is 10.4 Å². The number of benzene rings is 1. The molecule has 14 heavy (non-hydrogen) atoms. The van der Waals surface area contributed by atoms with Crippen molar-refractivity contribution in [3.8, 4) is 0 Å². The number of para-hydroxylation sites is 1. The van der Waals surface area contributed by atoms with E-state index in [9.17, 15) is 13.6 Å². The summed E-state index contributed by atoms with van der Waals surface area (Å²) in [6.45, 7) is -0.00676. The lowest BCUT2D eigenvalue weighted by atomic mass is 10.3. The molecule has 2 N–H and O–H groups in total. The number of carboxylic acid groups (broad SMARTS) is 1. The maximum absolute atomic E-state index is 12.9. The van der Waals surface area contributed by atoms with Gasteiger partial charge in [0.1, 0.15) is 17.3 Å². The molecular formula is C9H9F2NO2. The SMILES string of the molecule is O=C(O)CCNc1c(F)cccc1F. The number of carboxylic acids is 1. The molecule has 1 rings (SSSR count). The molecule has 3 nitrogen and oxygen atoms in total. The third kappa shape index (κ3) is 2.69. The van der Waals surface area contributed by atoms with Gasteiger partial charge in [0.05, 0.1) is 6.42 Å². The zero-order valence-electron chi connectivity index (χ0n) is 7.26. The zero-order valence-corrected chi connectivity index (χ0v) is 7.26. The molecule has 76 valence electrons. The number of aliphatic carboxylic acids is 1. The zero-order chi connectivity index (χ0) is 10.6. The van der Waals surface area contributed by atoms with Crippen LogP contribution in [0.25, 0.3) is 0 Å². The molecule has 0 bridgehead atoms. The van der Waals surface area contributed by atoms with Crippen LogP contribution in [0, 0.1) is 11.6 Å². The minimum atomic E-state index is -1.02. The number of halogens is 2. The van der Waals surface area contributed by atoms with Gasteiger partial charge in [0, 0.05) is 6.54 Å². The Kier molecular flexibility index (Phi) is 3.39. The van der Waals surface area contributed by atoms with Gasteiger partial charge in [-0.3, -0.25) is 4.79 Å². The van der Waals surface area contributed by atoms with Gasteiger partial charge in [0.25, 0.3) is 0 Å². The Balaban J connectivity index is 2.62. The molecule has 0 aliphatic rings. The van der Waals surface area contributed by atoms with E-state index in [-0.39, 0.29) is 18.7 Å². The average molecular weight is 201 g/mol. The van der Waals surface area contributed by atoms with Crippen molar-refractivity contribution < 1.29 is 18.7 Å². The van der Waals surface area contributed by atoms with E-state index in [4.69, 9.17) is 5.11 Å². The fourth-order valence-corrected chi connectivity index (χ4v) is 0.961. The van der Waals surface area contributed by atoms with Crippen LogP contribution in [0.2, 0.25) is 0 Å². The maximum atomic E-state index is 12.9. The third-order valence-electron chi connectivity index (χ3n) is 1.60. The van der Waals surface area contributed by atoms with Gasteiger partial charge in [-0.25, -0.2) is 8.78 Å². The van der Waals surface area contributed by atoms with Crippen LogP contribution < -0.4 is 5.32 Å². The molecule has 0 amide bonds. The lowest BCUT2D eigenvalue weighted by molar-refractivity contribution is -0.136. The summed E-state index contributed by atoms with van der Waals surface area (Å²) in [6, 6.07) is 3.45. The Morgan fingerprint density at radius 1 is 1.36 bits per heavy atom. The smallest absolute Gasteiger partial charge is 0.305 e. The molecule has 1 aromatic rings. The van der Waals surface area contributed by atoms with E-state index in [1.165, 1.54) is 6.07 Å². The second kappa shape index (κ2) is 4.55. The summed E-state index contributed by atoms with van der Waals surface area (Å²) < 4.78 is 25.8. The van der Waals surface area contributed by atoms with Crippen LogP contribution in [0.3, 0.4) is 0 Å². The van der Waals surface area contributed by atoms with E-state index in [1.54, 1.807) is 0 Å². The molecule has 0 unspecified atom stereocenters. The van der Waals surface area contributed by atoms with E-state index < -0.39 is 17.6 Å². The number of nitrogens with one attached hydrogen (secondary N) is 1. The van der Waals surface area contributed by atoms with Crippen LogP contribution in [-0.2, 0) is 4.79 Å². The number of rotatable bonds is 4. The Bertz CT molecular complexity index is 321. The van der Waals surface area contributed by atoms with Crippen LogP contribution in [0.4, 0.5) is 14.5 Å². The Morgan fingerprint density at radius 2 is 1.93 bits per heavy atom. The predicted octanol–water partition coefficient (Wildman–Crippen LogP) is 1.85. The van der Waals surface area contributed by atoms with Crippen molar-refractivity contribution in [2.75, 3.05) is 11.9 Å². The van der Waals surface area contributed by atoms with Gasteiger partial charge in [0.2, 0.25) is 0 Å². The van der Waals surface area contributed by atoms with Crippen LogP contribution >= 0.6 is 0 Å². The predicted molar refractivity (Wildman–Crippen MR) is 47.1 cm³/mol. The summed E-state index contributed by atoms with van der Waals surface area (Å²) in [5, 5.41) is 10.7. The second-order valence-corrected chi connectivity index (χ2v) is 2.67. The van der Waals surface area contributed by atoms with Crippen molar-refractivity contribution >= 4 is 11.7 Å². The van der Waals surface area contributed by atoms with Crippen molar-refractivity contribution in [3.63, 3.8) is 0 Å². The lowest BCUT2D eigenvalue weighted by Crippen LogP contribution is -2.09. The first kappa shape index (κ1) is 10.4. The van der Waals surface area contributed by atoms with Crippen LogP contribution in [0.1, 0.15) is 6.42 Å². The van der Waals surface area contributed by atoms with Gasteiger partial charge in [-0.2, -0.15) is 0 Å². The topological polar surface area (TPSA) is 49.3 Å². The van der Waals surface area contributed by atoms with E-state index >= 15 is 0 Å². The van der Waals surface area contributed by atoms with E-state index in [0.717, 1.165) is 12.1 Å². The van der Waals surface area contributed by atoms with Gasteiger partial charge in [0.15, 0.2) is 0 Å². The standard InChI is InChI=1S/C9H9F2NO2/c10-6-2-1-3-7(11)9(6)12-5-4-8(13)14/h1-3,12H,4-5H2,(H,13,14). The molecule has 0 aromatic heterocycles. The number of anilines is 1. The first-order chi connectivity index (χ1) is 6.61. The highest BCUT2D eigenvalue weighted by Gasteiger charge is 2.07. The largest absolute Gasteiger partial charge is 0.481 e. The van der Waals surface area contributed by atoms with Gasteiger partial charge in [-0.05, 0) is 12.1 Å². The number of carbonyl (C=O) groups is 1. The minimum absolute atomic E-state index is 0.00676. The molecule has 0 fully saturated rings. The van der Waals surface area contributed by atoms with Crippen LogP contribution in [0.15, 0.2) is 18.2 Å². The van der Waals surface area contributed by atoms with Crippen molar-refractivity contribution in [1.29, 1.82) is 0 Å². The molecule has 5 heteroatoms. The summed E-state index contributed by atoms with van der Waals surface area (Å²) in [5.74, 6) is -2.47. The minimum Gasteiger partial charge on any atom is -0.481 e. The third-order valence-corrected chi connectivity index (χ3v) is 1.60. The van der Waals surface area contributed by atoms with Crippen molar-refractivity contribution in [2.24, 2.45) is 0 Å². The van der Waals surface area contributed by atoms with E-state index in [2.05, 4.69) is 5.32 Å². The highest BCUT2D eigenvalue weighted by Crippen LogP contribution is 2.17. The summed E-state index contributed by atoms with van der Waals surface area (Å²) >= 11 is 0. The monoisotopic (exact) mass is 201 g/mol. The molecule has 0 radical (unpaired) electrons. The Hall–Kier alpha value is -1.65. The van der Waals surface area contributed by atoms with Crippen LogP contribution in [-0.4, -0.2) is 17.6 Å². The molecule has 0 spiro atoms.